The van der Waals surface area contributed by atoms with Gasteiger partial charge in [0.15, 0.2) is 0 Å². The fourth-order valence-electron chi connectivity index (χ4n) is 2.87. The molecule has 1 saturated heterocycles. The van der Waals surface area contributed by atoms with Crippen LogP contribution in [0, 0.1) is 11.6 Å². The summed E-state index contributed by atoms with van der Waals surface area (Å²) in [6, 6.07) is 5.44. The number of hydrogen-bond acceptors (Lipinski definition) is 3. The van der Waals surface area contributed by atoms with Crippen LogP contribution in [-0.2, 0) is 6.54 Å². The molecule has 1 aromatic carbocycles. The highest BCUT2D eigenvalue weighted by Gasteiger charge is 2.23. The Bertz CT molecular complexity index is 654. The van der Waals surface area contributed by atoms with Gasteiger partial charge in [-0.15, -0.1) is 0 Å². The van der Waals surface area contributed by atoms with E-state index in [1.54, 1.807) is 6.07 Å². The molecule has 3 rings (SSSR count). The second kappa shape index (κ2) is 6.87. The first kappa shape index (κ1) is 15.6. The number of nitrogens with zero attached hydrogens (tertiary/aromatic N) is 2. The zero-order valence-corrected chi connectivity index (χ0v) is 12.6. The van der Waals surface area contributed by atoms with Crippen molar-refractivity contribution in [3.63, 3.8) is 0 Å². The number of hydrogen-bond donors (Lipinski definition) is 2. The zero-order chi connectivity index (χ0) is 16.2. The van der Waals surface area contributed by atoms with Crippen LogP contribution >= 0.6 is 0 Å². The average Bonchev–Trinajstić information content (AvgIpc) is 3.06. The SMILES string of the molecule is O=C(N[C@H]1CCCN(Cc2c(F)cccc2F)C1)c1ccn[nH]1. The van der Waals surface area contributed by atoms with Gasteiger partial charge in [0.25, 0.3) is 5.91 Å². The molecule has 0 bridgehead atoms. The number of halogens is 2. The van der Waals surface area contributed by atoms with Crippen molar-refractivity contribution in [3.05, 3.63) is 53.4 Å². The summed E-state index contributed by atoms with van der Waals surface area (Å²) in [5, 5.41) is 9.29. The number of H-pyrrole nitrogens is 1. The Morgan fingerprint density at radius 3 is 2.83 bits per heavy atom. The second-order valence-electron chi connectivity index (χ2n) is 5.72. The van der Waals surface area contributed by atoms with Crippen molar-refractivity contribution in [2.45, 2.75) is 25.4 Å². The molecule has 1 aromatic heterocycles. The minimum absolute atomic E-state index is 0.0469. The number of benzene rings is 1. The van der Waals surface area contributed by atoms with Crippen molar-refractivity contribution < 1.29 is 13.6 Å². The van der Waals surface area contributed by atoms with Crippen LogP contribution in [-0.4, -0.2) is 40.1 Å². The van der Waals surface area contributed by atoms with Gasteiger partial charge in [0.05, 0.1) is 0 Å². The first-order chi connectivity index (χ1) is 11.1. The predicted octanol–water partition coefficient (Wildman–Crippen LogP) is 2.08. The fourth-order valence-corrected chi connectivity index (χ4v) is 2.87. The standard InChI is InChI=1S/C16H18F2N4O/c17-13-4-1-5-14(18)12(13)10-22-8-2-3-11(9-22)20-16(23)15-6-7-19-21-15/h1,4-7,11H,2-3,8-10H2,(H,19,21)(H,20,23)/t11-/m0/s1. The van der Waals surface area contributed by atoms with Gasteiger partial charge in [-0.2, -0.15) is 5.10 Å². The molecule has 1 fully saturated rings. The summed E-state index contributed by atoms with van der Waals surface area (Å²) in [7, 11) is 0. The lowest BCUT2D eigenvalue weighted by molar-refractivity contribution is 0.0894. The lowest BCUT2D eigenvalue weighted by atomic mass is 10.0. The van der Waals surface area contributed by atoms with Gasteiger partial charge in [-0.05, 0) is 37.6 Å². The maximum atomic E-state index is 13.8. The van der Waals surface area contributed by atoms with Crippen LogP contribution in [0.2, 0.25) is 0 Å². The van der Waals surface area contributed by atoms with Crippen LogP contribution in [0.25, 0.3) is 0 Å². The Balaban J connectivity index is 1.61. The Kier molecular flexibility index (Phi) is 4.66. The summed E-state index contributed by atoms with van der Waals surface area (Å²) in [5.41, 5.74) is 0.482. The van der Waals surface area contributed by atoms with E-state index in [0.717, 1.165) is 19.4 Å². The number of amides is 1. The highest BCUT2D eigenvalue weighted by Crippen LogP contribution is 2.18. The van der Waals surface area contributed by atoms with Crippen LogP contribution in [0.5, 0.6) is 0 Å². The normalized spacial score (nSPS) is 18.8. The molecule has 0 spiro atoms. The summed E-state index contributed by atoms with van der Waals surface area (Å²) in [6.07, 6.45) is 3.23. The number of piperidine rings is 1. The Labute approximate surface area is 132 Å². The summed E-state index contributed by atoms with van der Waals surface area (Å²) in [5.74, 6) is -1.28. The molecule has 0 unspecified atom stereocenters. The molecule has 1 aliphatic rings. The number of aromatic amines is 1. The van der Waals surface area contributed by atoms with Gasteiger partial charge in [-0.25, -0.2) is 8.78 Å². The van der Waals surface area contributed by atoms with Crippen molar-refractivity contribution in [1.29, 1.82) is 0 Å². The smallest absolute Gasteiger partial charge is 0.269 e. The van der Waals surface area contributed by atoms with Gasteiger partial charge < -0.3 is 5.32 Å². The van der Waals surface area contributed by atoms with E-state index in [4.69, 9.17) is 0 Å². The summed E-state index contributed by atoms with van der Waals surface area (Å²) >= 11 is 0. The summed E-state index contributed by atoms with van der Waals surface area (Å²) in [6.45, 7) is 1.52. The molecule has 5 nitrogen and oxygen atoms in total. The van der Waals surface area contributed by atoms with Gasteiger partial charge in [0.2, 0.25) is 0 Å². The molecular formula is C16H18F2N4O. The van der Waals surface area contributed by atoms with E-state index in [0.29, 0.717) is 12.2 Å². The van der Waals surface area contributed by atoms with Gasteiger partial charge in [-0.1, -0.05) is 6.07 Å². The maximum absolute atomic E-state index is 13.8. The molecule has 23 heavy (non-hydrogen) atoms. The number of rotatable bonds is 4. The molecule has 1 amide bonds. The molecule has 0 saturated carbocycles. The average molecular weight is 320 g/mol. The largest absolute Gasteiger partial charge is 0.347 e. The van der Waals surface area contributed by atoms with E-state index in [9.17, 15) is 13.6 Å². The number of nitrogens with one attached hydrogen (secondary N) is 2. The Morgan fingerprint density at radius 1 is 1.35 bits per heavy atom. The van der Waals surface area contributed by atoms with Gasteiger partial charge in [0.1, 0.15) is 17.3 Å². The van der Waals surface area contributed by atoms with Crippen molar-refractivity contribution >= 4 is 5.91 Å². The van der Waals surface area contributed by atoms with E-state index in [2.05, 4.69) is 15.5 Å². The molecule has 2 heterocycles. The molecule has 2 aromatic rings. The Morgan fingerprint density at radius 2 is 2.13 bits per heavy atom. The van der Waals surface area contributed by atoms with Crippen LogP contribution < -0.4 is 5.32 Å². The lowest BCUT2D eigenvalue weighted by Crippen LogP contribution is -2.47. The third kappa shape index (κ3) is 3.73. The van der Waals surface area contributed by atoms with Gasteiger partial charge in [-0.3, -0.25) is 14.8 Å². The highest BCUT2D eigenvalue weighted by atomic mass is 19.1. The van der Waals surface area contributed by atoms with Crippen LogP contribution in [0.4, 0.5) is 8.78 Å². The van der Waals surface area contributed by atoms with E-state index >= 15 is 0 Å². The third-order valence-corrected chi connectivity index (χ3v) is 4.03. The summed E-state index contributed by atoms with van der Waals surface area (Å²) in [4.78, 5) is 14.0. The van der Waals surface area contributed by atoms with E-state index in [-0.39, 0.29) is 24.1 Å². The zero-order valence-electron chi connectivity index (χ0n) is 12.6. The van der Waals surface area contributed by atoms with Crippen LogP contribution in [0.1, 0.15) is 28.9 Å². The minimum atomic E-state index is -0.534. The maximum Gasteiger partial charge on any atom is 0.269 e. The van der Waals surface area contributed by atoms with E-state index in [1.807, 2.05) is 4.90 Å². The number of aromatic nitrogens is 2. The molecule has 0 radical (unpaired) electrons. The molecule has 1 atom stereocenters. The molecule has 7 heteroatoms. The monoisotopic (exact) mass is 320 g/mol. The lowest BCUT2D eigenvalue weighted by Gasteiger charge is -2.33. The van der Waals surface area contributed by atoms with Gasteiger partial charge >= 0.3 is 0 Å². The van der Waals surface area contributed by atoms with E-state index < -0.39 is 11.6 Å². The predicted molar refractivity (Wildman–Crippen MR) is 80.7 cm³/mol. The minimum Gasteiger partial charge on any atom is -0.347 e. The first-order valence-corrected chi connectivity index (χ1v) is 7.59. The second-order valence-corrected chi connectivity index (χ2v) is 5.72. The highest BCUT2D eigenvalue weighted by molar-refractivity contribution is 5.92. The quantitative estimate of drug-likeness (QED) is 0.907. The molecule has 2 N–H and O–H groups in total. The van der Waals surface area contributed by atoms with Crippen molar-refractivity contribution in [2.24, 2.45) is 0 Å². The Hall–Kier alpha value is -2.28. The molecule has 122 valence electrons. The number of carbonyl (C=O) groups is 1. The fraction of sp³-hybridized carbons (Fsp3) is 0.375. The third-order valence-electron chi connectivity index (χ3n) is 4.03. The number of likely N-dealkylation sites (tertiary alicyclic amines) is 1. The number of carbonyl (C=O) groups excluding carboxylic acids is 1. The topological polar surface area (TPSA) is 61.0 Å². The van der Waals surface area contributed by atoms with Crippen molar-refractivity contribution in [2.75, 3.05) is 13.1 Å². The van der Waals surface area contributed by atoms with Gasteiger partial charge in [0, 0.05) is 30.9 Å². The van der Waals surface area contributed by atoms with Crippen LogP contribution in [0.15, 0.2) is 30.5 Å². The van der Waals surface area contributed by atoms with E-state index in [1.165, 1.54) is 24.4 Å². The van der Waals surface area contributed by atoms with Crippen molar-refractivity contribution in [1.82, 2.24) is 20.4 Å². The molecule has 1 aliphatic heterocycles. The first-order valence-electron chi connectivity index (χ1n) is 7.59. The molecular weight excluding hydrogens is 302 g/mol. The van der Waals surface area contributed by atoms with Crippen LogP contribution in [0.3, 0.4) is 0 Å². The summed E-state index contributed by atoms with van der Waals surface area (Å²) < 4.78 is 27.5. The molecule has 0 aliphatic carbocycles. The van der Waals surface area contributed by atoms with Crippen molar-refractivity contribution in [3.8, 4) is 0 Å².